The SMILES string of the molecule is CC(C)(C)C[C@H]1N[C@@H](C(=O)O)C(c2cccc(Cl)c2)[C@@]12C(=O)Nc1cc(Cl)c(F)cc12. The number of carbonyl (C=O) groups is 2. The molecular weight excluding hydrogens is 442 g/mol. The van der Waals surface area contributed by atoms with E-state index in [1.807, 2.05) is 20.8 Å². The molecule has 2 aromatic carbocycles. The van der Waals surface area contributed by atoms with E-state index in [0.717, 1.165) is 0 Å². The number of halogens is 3. The van der Waals surface area contributed by atoms with E-state index < -0.39 is 35.2 Å². The van der Waals surface area contributed by atoms with Crippen molar-refractivity contribution < 1.29 is 19.1 Å². The topological polar surface area (TPSA) is 78.4 Å². The van der Waals surface area contributed by atoms with E-state index >= 15 is 0 Å². The van der Waals surface area contributed by atoms with Crippen LogP contribution in [0.4, 0.5) is 10.1 Å². The first-order valence-corrected chi connectivity index (χ1v) is 10.8. The Morgan fingerprint density at radius 2 is 1.94 bits per heavy atom. The third-order valence-electron chi connectivity index (χ3n) is 6.17. The van der Waals surface area contributed by atoms with Gasteiger partial charge in [-0.1, -0.05) is 56.1 Å². The molecule has 8 heteroatoms. The van der Waals surface area contributed by atoms with Gasteiger partial charge in [-0.2, -0.15) is 0 Å². The Bertz CT molecular complexity index is 1080. The van der Waals surface area contributed by atoms with Crippen LogP contribution in [0.15, 0.2) is 36.4 Å². The second-order valence-corrected chi connectivity index (χ2v) is 10.3. The van der Waals surface area contributed by atoms with Crippen LogP contribution in [-0.2, 0) is 15.0 Å². The molecular formula is C23H23Cl2FN2O3. The highest BCUT2D eigenvalue weighted by molar-refractivity contribution is 6.31. The lowest BCUT2D eigenvalue weighted by atomic mass is 9.62. The molecule has 2 aliphatic heterocycles. The normalized spacial score (nSPS) is 27.4. The molecule has 1 saturated heterocycles. The number of anilines is 1. The first-order chi connectivity index (χ1) is 14.4. The van der Waals surface area contributed by atoms with Crippen LogP contribution in [0, 0.1) is 11.2 Å². The molecule has 2 heterocycles. The maximum Gasteiger partial charge on any atom is 0.321 e. The Balaban J connectivity index is 2.03. The summed E-state index contributed by atoms with van der Waals surface area (Å²) in [5.41, 5.74) is -0.167. The van der Waals surface area contributed by atoms with Crippen molar-refractivity contribution in [3.63, 3.8) is 0 Å². The average molecular weight is 465 g/mol. The standard InChI is InChI=1S/C23H23Cl2FN2O3/c1-22(2,3)10-17-23(13-8-15(26)14(25)9-16(13)27-21(23)31)18(19(28-17)20(29)30)11-5-4-6-12(24)7-11/h4-9,17-19,28H,10H2,1-3H3,(H,27,31)(H,29,30)/t17-,18?,19-,23+/m1/s1. The highest BCUT2D eigenvalue weighted by Gasteiger charge is 2.66. The summed E-state index contributed by atoms with van der Waals surface area (Å²) in [6, 6.07) is 7.85. The third-order valence-corrected chi connectivity index (χ3v) is 6.70. The van der Waals surface area contributed by atoms with Crippen LogP contribution in [0.2, 0.25) is 10.0 Å². The van der Waals surface area contributed by atoms with E-state index in [4.69, 9.17) is 23.2 Å². The van der Waals surface area contributed by atoms with Crippen molar-refractivity contribution in [3.8, 4) is 0 Å². The van der Waals surface area contributed by atoms with Crippen LogP contribution < -0.4 is 10.6 Å². The fraction of sp³-hybridized carbons (Fsp3) is 0.391. The fourth-order valence-corrected chi connectivity index (χ4v) is 5.48. The molecule has 0 aliphatic carbocycles. The number of nitrogens with one attached hydrogen (secondary N) is 2. The van der Waals surface area contributed by atoms with Crippen LogP contribution in [0.25, 0.3) is 0 Å². The van der Waals surface area contributed by atoms with Crippen molar-refractivity contribution in [3.05, 3.63) is 63.4 Å². The number of carboxylic acids is 1. The van der Waals surface area contributed by atoms with Gasteiger partial charge in [-0.25, -0.2) is 4.39 Å². The highest BCUT2D eigenvalue weighted by atomic mass is 35.5. The maximum atomic E-state index is 14.6. The molecule has 1 unspecified atom stereocenters. The van der Waals surface area contributed by atoms with Crippen LogP contribution in [0.5, 0.6) is 0 Å². The van der Waals surface area contributed by atoms with Gasteiger partial charge >= 0.3 is 5.97 Å². The number of hydrogen-bond acceptors (Lipinski definition) is 3. The van der Waals surface area contributed by atoms with Crippen molar-refractivity contribution in [1.29, 1.82) is 0 Å². The van der Waals surface area contributed by atoms with Crippen molar-refractivity contribution >= 4 is 40.8 Å². The summed E-state index contributed by atoms with van der Waals surface area (Å²) in [7, 11) is 0. The van der Waals surface area contributed by atoms with Gasteiger partial charge in [-0.15, -0.1) is 0 Å². The van der Waals surface area contributed by atoms with E-state index in [1.165, 1.54) is 12.1 Å². The summed E-state index contributed by atoms with van der Waals surface area (Å²) in [6.45, 7) is 6.04. The average Bonchev–Trinajstić information content (AvgIpc) is 3.12. The van der Waals surface area contributed by atoms with Crippen LogP contribution >= 0.6 is 23.2 Å². The number of hydrogen-bond donors (Lipinski definition) is 3. The Morgan fingerprint density at radius 3 is 2.55 bits per heavy atom. The quantitative estimate of drug-likeness (QED) is 0.599. The van der Waals surface area contributed by atoms with E-state index in [0.29, 0.717) is 28.3 Å². The van der Waals surface area contributed by atoms with Crippen molar-refractivity contribution in [2.24, 2.45) is 5.41 Å². The summed E-state index contributed by atoms with van der Waals surface area (Å²) >= 11 is 12.2. The molecule has 2 aliphatic rings. The number of fused-ring (bicyclic) bond motifs is 2. The molecule has 0 radical (unpaired) electrons. The first-order valence-electron chi connectivity index (χ1n) is 10.0. The Morgan fingerprint density at radius 1 is 1.23 bits per heavy atom. The molecule has 0 bridgehead atoms. The first kappa shape index (κ1) is 22.1. The van der Waals surface area contributed by atoms with Gasteiger partial charge in [-0.3, -0.25) is 14.9 Å². The van der Waals surface area contributed by atoms with Crippen molar-refractivity contribution in [2.45, 2.75) is 50.6 Å². The van der Waals surface area contributed by atoms with E-state index in [9.17, 15) is 19.1 Å². The molecule has 1 spiro atoms. The van der Waals surface area contributed by atoms with Crippen LogP contribution in [0.1, 0.15) is 44.2 Å². The summed E-state index contributed by atoms with van der Waals surface area (Å²) < 4.78 is 14.6. The number of carbonyl (C=O) groups excluding carboxylic acids is 1. The highest BCUT2D eigenvalue weighted by Crippen LogP contribution is 2.57. The number of benzene rings is 2. The molecule has 2 aromatic rings. The molecule has 1 amide bonds. The molecule has 0 saturated carbocycles. The van der Waals surface area contributed by atoms with Crippen molar-refractivity contribution in [2.75, 3.05) is 5.32 Å². The molecule has 164 valence electrons. The van der Waals surface area contributed by atoms with Crippen LogP contribution in [-0.4, -0.2) is 29.1 Å². The van der Waals surface area contributed by atoms with E-state index in [2.05, 4.69) is 10.6 Å². The lowest BCUT2D eigenvalue weighted by Crippen LogP contribution is -2.49. The van der Waals surface area contributed by atoms with Gasteiger partial charge in [0, 0.05) is 22.7 Å². The second kappa shape index (κ2) is 7.47. The molecule has 31 heavy (non-hydrogen) atoms. The second-order valence-electron chi connectivity index (χ2n) is 9.47. The minimum atomic E-state index is -1.35. The smallest absolute Gasteiger partial charge is 0.321 e. The predicted octanol–water partition coefficient (Wildman–Crippen LogP) is 4.97. The number of amides is 1. The van der Waals surface area contributed by atoms with E-state index in [-0.39, 0.29) is 16.3 Å². The molecule has 3 N–H and O–H groups in total. The van der Waals surface area contributed by atoms with Gasteiger partial charge in [0.2, 0.25) is 5.91 Å². The molecule has 5 nitrogen and oxygen atoms in total. The zero-order valence-corrected chi connectivity index (χ0v) is 18.8. The van der Waals surface area contributed by atoms with Crippen molar-refractivity contribution in [1.82, 2.24) is 5.32 Å². The van der Waals surface area contributed by atoms with Crippen LogP contribution in [0.3, 0.4) is 0 Å². The molecule has 0 aromatic heterocycles. The zero-order chi connectivity index (χ0) is 22.7. The summed E-state index contributed by atoms with van der Waals surface area (Å²) in [5.74, 6) is -2.93. The molecule has 1 fully saturated rings. The number of rotatable bonds is 3. The maximum absolute atomic E-state index is 14.6. The molecule has 4 rings (SSSR count). The number of carboxylic acid groups (broad SMARTS) is 1. The Kier molecular flexibility index (Phi) is 5.31. The lowest BCUT2D eigenvalue weighted by molar-refractivity contribution is -0.139. The van der Waals surface area contributed by atoms with Gasteiger partial charge in [0.25, 0.3) is 0 Å². The van der Waals surface area contributed by atoms with Gasteiger partial charge in [0.05, 0.1) is 5.02 Å². The van der Waals surface area contributed by atoms with Gasteiger partial charge in [0.15, 0.2) is 0 Å². The largest absolute Gasteiger partial charge is 0.480 e. The predicted molar refractivity (Wildman–Crippen MR) is 118 cm³/mol. The third kappa shape index (κ3) is 3.51. The van der Waals surface area contributed by atoms with Gasteiger partial charge < -0.3 is 10.4 Å². The van der Waals surface area contributed by atoms with Gasteiger partial charge in [-0.05, 0) is 47.2 Å². The zero-order valence-electron chi connectivity index (χ0n) is 17.3. The Hall–Kier alpha value is -2.15. The summed E-state index contributed by atoms with van der Waals surface area (Å²) in [6.07, 6.45) is 0.491. The van der Waals surface area contributed by atoms with E-state index in [1.54, 1.807) is 24.3 Å². The minimum Gasteiger partial charge on any atom is -0.480 e. The minimum absolute atomic E-state index is 0.108. The molecule has 4 atom stereocenters. The number of aliphatic carboxylic acids is 1. The Labute approximate surface area is 189 Å². The monoisotopic (exact) mass is 464 g/mol. The fourth-order valence-electron chi connectivity index (χ4n) is 5.12. The lowest BCUT2D eigenvalue weighted by Gasteiger charge is -2.37. The summed E-state index contributed by atoms with van der Waals surface area (Å²) in [4.78, 5) is 26.0. The summed E-state index contributed by atoms with van der Waals surface area (Å²) in [5, 5.41) is 16.4. The van der Waals surface area contributed by atoms with Gasteiger partial charge in [0.1, 0.15) is 17.3 Å².